The van der Waals surface area contributed by atoms with E-state index in [-0.39, 0.29) is 5.91 Å². The molecule has 2 aliphatic heterocycles. The van der Waals surface area contributed by atoms with Crippen LogP contribution in [-0.4, -0.2) is 92.3 Å². The van der Waals surface area contributed by atoms with E-state index in [0.29, 0.717) is 19.1 Å². The minimum absolute atomic E-state index is 0.282. The molecule has 0 unspecified atom stereocenters. The number of carbonyl (C=O) groups excluding carboxylic acids is 1. The Morgan fingerprint density at radius 2 is 1.77 bits per heavy atom. The molecule has 2 saturated heterocycles. The van der Waals surface area contributed by atoms with E-state index in [9.17, 15) is 4.79 Å². The molecular formula is C20H31N3O3. The highest BCUT2D eigenvalue weighted by Crippen LogP contribution is 2.12. The number of rotatable bonds is 7. The molecule has 0 spiro atoms. The normalized spacial score (nSPS) is 20.7. The lowest BCUT2D eigenvalue weighted by molar-refractivity contribution is -0.134. The van der Waals surface area contributed by atoms with Crippen LogP contribution in [0.3, 0.4) is 0 Å². The Balaban J connectivity index is 1.33. The second kappa shape index (κ2) is 9.90. The number of morpholine rings is 1. The fraction of sp³-hybridized carbons (Fsp3) is 0.650. The van der Waals surface area contributed by atoms with Gasteiger partial charge in [0.15, 0.2) is 0 Å². The Morgan fingerprint density at radius 1 is 1.08 bits per heavy atom. The Bertz CT molecular complexity index is 540. The molecule has 2 aliphatic rings. The van der Waals surface area contributed by atoms with Gasteiger partial charge in [0, 0.05) is 58.3 Å². The molecule has 3 rings (SSSR count). The molecule has 0 N–H and O–H groups in total. The second-order valence-electron chi connectivity index (χ2n) is 7.09. The molecule has 0 bridgehead atoms. The van der Waals surface area contributed by atoms with Crippen LogP contribution in [-0.2, 0) is 9.53 Å². The highest BCUT2D eigenvalue weighted by Gasteiger charge is 2.25. The van der Waals surface area contributed by atoms with Crippen molar-refractivity contribution in [1.29, 1.82) is 0 Å². The van der Waals surface area contributed by atoms with Crippen molar-refractivity contribution in [3.63, 3.8) is 0 Å². The van der Waals surface area contributed by atoms with Crippen molar-refractivity contribution in [3.05, 3.63) is 30.3 Å². The molecule has 0 saturated carbocycles. The summed E-state index contributed by atoms with van der Waals surface area (Å²) < 4.78 is 11.2. The molecule has 144 valence electrons. The SMILES string of the molecule is C[C@@H](CC(=O)N1CCN(CCOc2ccccc2)CC1)N1CCOCC1. The maximum atomic E-state index is 12.6. The Morgan fingerprint density at radius 3 is 2.46 bits per heavy atom. The fourth-order valence-electron chi connectivity index (χ4n) is 3.56. The van der Waals surface area contributed by atoms with Crippen LogP contribution in [0.5, 0.6) is 5.75 Å². The van der Waals surface area contributed by atoms with Crippen LogP contribution >= 0.6 is 0 Å². The topological polar surface area (TPSA) is 45.2 Å². The molecule has 2 fully saturated rings. The summed E-state index contributed by atoms with van der Waals surface area (Å²) in [4.78, 5) is 19.3. The van der Waals surface area contributed by atoms with Crippen molar-refractivity contribution in [1.82, 2.24) is 14.7 Å². The zero-order valence-electron chi connectivity index (χ0n) is 15.8. The smallest absolute Gasteiger partial charge is 0.224 e. The average Bonchev–Trinajstić information content (AvgIpc) is 2.70. The van der Waals surface area contributed by atoms with E-state index in [1.54, 1.807) is 0 Å². The van der Waals surface area contributed by atoms with Crippen molar-refractivity contribution < 1.29 is 14.3 Å². The Kier molecular flexibility index (Phi) is 7.29. The third-order valence-electron chi connectivity index (χ3n) is 5.28. The second-order valence-corrected chi connectivity index (χ2v) is 7.09. The van der Waals surface area contributed by atoms with Gasteiger partial charge in [-0.1, -0.05) is 18.2 Å². The summed E-state index contributed by atoms with van der Waals surface area (Å²) in [5.41, 5.74) is 0. The van der Waals surface area contributed by atoms with E-state index in [1.807, 2.05) is 35.2 Å². The van der Waals surface area contributed by atoms with Crippen molar-refractivity contribution in [2.45, 2.75) is 19.4 Å². The Labute approximate surface area is 156 Å². The van der Waals surface area contributed by atoms with Crippen molar-refractivity contribution >= 4 is 5.91 Å². The Hall–Kier alpha value is -1.63. The quantitative estimate of drug-likeness (QED) is 0.733. The molecule has 26 heavy (non-hydrogen) atoms. The van der Waals surface area contributed by atoms with E-state index in [4.69, 9.17) is 9.47 Å². The van der Waals surface area contributed by atoms with Gasteiger partial charge in [0.1, 0.15) is 12.4 Å². The first-order valence-electron chi connectivity index (χ1n) is 9.72. The van der Waals surface area contributed by atoms with Crippen molar-refractivity contribution in [3.8, 4) is 5.75 Å². The maximum Gasteiger partial charge on any atom is 0.224 e. The molecule has 6 nitrogen and oxygen atoms in total. The highest BCUT2D eigenvalue weighted by molar-refractivity contribution is 5.76. The number of carbonyl (C=O) groups is 1. The number of benzene rings is 1. The van der Waals surface area contributed by atoms with Crippen LogP contribution in [0, 0.1) is 0 Å². The molecular weight excluding hydrogens is 330 g/mol. The zero-order valence-corrected chi connectivity index (χ0v) is 15.8. The first-order valence-corrected chi connectivity index (χ1v) is 9.72. The summed E-state index contributed by atoms with van der Waals surface area (Å²) in [6.07, 6.45) is 0.608. The van der Waals surface area contributed by atoms with Gasteiger partial charge >= 0.3 is 0 Å². The molecule has 1 atom stereocenters. The number of nitrogens with zero attached hydrogens (tertiary/aromatic N) is 3. The van der Waals surface area contributed by atoms with Crippen molar-refractivity contribution in [2.75, 3.05) is 65.6 Å². The molecule has 6 heteroatoms. The lowest BCUT2D eigenvalue weighted by Gasteiger charge is -2.37. The molecule has 2 heterocycles. The zero-order chi connectivity index (χ0) is 18.2. The van der Waals surface area contributed by atoms with Crippen LogP contribution in [0.15, 0.2) is 30.3 Å². The number of amides is 1. The number of hydrogen-bond donors (Lipinski definition) is 0. The van der Waals surface area contributed by atoms with Gasteiger partial charge in [-0.05, 0) is 19.1 Å². The third-order valence-corrected chi connectivity index (χ3v) is 5.28. The predicted octanol–water partition coefficient (Wildman–Crippen LogP) is 1.32. The summed E-state index contributed by atoms with van der Waals surface area (Å²) in [5, 5.41) is 0. The largest absolute Gasteiger partial charge is 0.492 e. The van der Waals surface area contributed by atoms with Crippen LogP contribution in [0.2, 0.25) is 0 Å². The average molecular weight is 361 g/mol. The summed E-state index contributed by atoms with van der Waals surface area (Å²) >= 11 is 0. The van der Waals surface area contributed by atoms with E-state index in [2.05, 4.69) is 16.7 Å². The van der Waals surface area contributed by atoms with E-state index < -0.39 is 0 Å². The van der Waals surface area contributed by atoms with Crippen molar-refractivity contribution in [2.24, 2.45) is 0 Å². The number of ether oxygens (including phenoxy) is 2. The first kappa shape index (κ1) is 19.1. The van der Waals surface area contributed by atoms with E-state index >= 15 is 0 Å². The first-order chi connectivity index (χ1) is 12.7. The third kappa shape index (κ3) is 5.69. The standard InChI is InChI=1S/C20H31N3O3/c1-18(22-12-14-25-15-13-22)17-20(24)23-9-7-21(8-10-23)11-16-26-19-5-3-2-4-6-19/h2-6,18H,7-17H2,1H3/t18-/m0/s1. The van der Waals surface area contributed by atoms with Gasteiger partial charge in [-0.2, -0.15) is 0 Å². The van der Waals surface area contributed by atoms with Gasteiger partial charge in [0.25, 0.3) is 0 Å². The molecule has 1 aromatic carbocycles. The molecule has 0 aliphatic carbocycles. The molecule has 1 amide bonds. The maximum absolute atomic E-state index is 12.6. The fourth-order valence-corrected chi connectivity index (χ4v) is 3.56. The summed E-state index contributed by atoms with van der Waals surface area (Å²) in [6.45, 7) is 10.7. The van der Waals surface area contributed by atoms with E-state index in [1.165, 1.54) is 0 Å². The lowest BCUT2D eigenvalue weighted by atomic mass is 10.1. The van der Waals surface area contributed by atoms with Gasteiger partial charge in [0.2, 0.25) is 5.91 Å². The number of para-hydroxylation sites is 1. The van der Waals surface area contributed by atoms with Crippen LogP contribution in [0.1, 0.15) is 13.3 Å². The van der Waals surface area contributed by atoms with Gasteiger partial charge in [-0.25, -0.2) is 0 Å². The number of hydrogen-bond acceptors (Lipinski definition) is 5. The summed E-state index contributed by atoms with van der Waals surface area (Å²) in [7, 11) is 0. The van der Waals surface area contributed by atoms with Gasteiger partial charge in [-0.3, -0.25) is 14.6 Å². The molecule has 0 aromatic heterocycles. The number of piperazine rings is 1. The lowest BCUT2D eigenvalue weighted by Crippen LogP contribution is -2.51. The van der Waals surface area contributed by atoms with Gasteiger partial charge in [-0.15, -0.1) is 0 Å². The molecule has 1 aromatic rings. The summed E-state index contributed by atoms with van der Waals surface area (Å²) in [5.74, 6) is 1.20. The van der Waals surface area contributed by atoms with Crippen LogP contribution in [0.25, 0.3) is 0 Å². The van der Waals surface area contributed by atoms with Gasteiger partial charge in [0.05, 0.1) is 13.2 Å². The predicted molar refractivity (Wildman–Crippen MR) is 101 cm³/mol. The van der Waals surface area contributed by atoms with Crippen LogP contribution in [0.4, 0.5) is 0 Å². The summed E-state index contributed by atoms with van der Waals surface area (Å²) in [6, 6.07) is 10.2. The molecule has 0 radical (unpaired) electrons. The van der Waals surface area contributed by atoms with E-state index in [0.717, 1.165) is 64.8 Å². The minimum atomic E-state index is 0.282. The highest BCUT2D eigenvalue weighted by atomic mass is 16.5. The minimum Gasteiger partial charge on any atom is -0.492 e. The van der Waals surface area contributed by atoms with Gasteiger partial charge < -0.3 is 14.4 Å². The monoisotopic (exact) mass is 361 g/mol. The van der Waals surface area contributed by atoms with Crippen LogP contribution < -0.4 is 4.74 Å².